The zero-order valence-corrected chi connectivity index (χ0v) is 14.4. The van der Waals surface area contributed by atoms with Gasteiger partial charge in [-0.25, -0.2) is 12.7 Å². The van der Waals surface area contributed by atoms with E-state index in [-0.39, 0.29) is 10.5 Å². The van der Waals surface area contributed by atoms with Gasteiger partial charge in [-0.3, -0.25) is 0 Å². The Morgan fingerprint density at radius 1 is 1.41 bits per heavy atom. The lowest BCUT2D eigenvalue weighted by Gasteiger charge is -2.31. The molecule has 0 amide bonds. The van der Waals surface area contributed by atoms with Gasteiger partial charge in [0.2, 0.25) is 10.0 Å². The monoisotopic (exact) mass is 341 g/mol. The first-order valence-electron chi connectivity index (χ1n) is 7.19. The van der Waals surface area contributed by atoms with Crippen molar-refractivity contribution in [3.63, 3.8) is 0 Å². The number of halogens is 1. The topological polar surface area (TPSA) is 64.4 Å². The third-order valence-electron chi connectivity index (χ3n) is 4.10. The van der Waals surface area contributed by atoms with Crippen molar-refractivity contribution in [3.05, 3.63) is 28.8 Å². The molecule has 7 heteroatoms. The van der Waals surface area contributed by atoms with Gasteiger partial charge in [0.25, 0.3) is 0 Å². The molecule has 120 valence electrons. The van der Waals surface area contributed by atoms with Gasteiger partial charge in [-0.2, -0.15) is 5.26 Å². The summed E-state index contributed by atoms with van der Waals surface area (Å²) in [7, 11) is -0.0270. The highest BCUT2D eigenvalue weighted by atomic mass is 35.5. The smallest absolute Gasteiger partial charge is 0.244 e. The molecular weight excluding hydrogens is 322 g/mol. The molecule has 0 aliphatic carbocycles. The van der Waals surface area contributed by atoms with E-state index >= 15 is 0 Å². The van der Waals surface area contributed by atoms with Gasteiger partial charge in [-0.15, -0.1) is 0 Å². The molecule has 0 saturated carbocycles. The number of likely N-dealkylation sites (tertiary alicyclic amines) is 1. The average molecular weight is 342 g/mol. The minimum absolute atomic E-state index is 0.0230. The largest absolute Gasteiger partial charge is 0.306 e. The van der Waals surface area contributed by atoms with Crippen LogP contribution in [0.5, 0.6) is 0 Å². The molecule has 22 heavy (non-hydrogen) atoms. The molecule has 0 aromatic heterocycles. The summed E-state index contributed by atoms with van der Waals surface area (Å²) >= 11 is 5.83. The maximum atomic E-state index is 12.7. The van der Waals surface area contributed by atoms with Gasteiger partial charge in [-0.1, -0.05) is 11.6 Å². The minimum atomic E-state index is -3.67. The summed E-state index contributed by atoms with van der Waals surface area (Å²) in [6.07, 6.45) is 1.98. The minimum Gasteiger partial charge on any atom is -0.306 e. The lowest BCUT2D eigenvalue weighted by atomic mass is 9.97. The van der Waals surface area contributed by atoms with Crippen LogP contribution in [0, 0.1) is 17.2 Å². The van der Waals surface area contributed by atoms with Crippen molar-refractivity contribution >= 4 is 21.6 Å². The quantitative estimate of drug-likeness (QED) is 0.842. The van der Waals surface area contributed by atoms with Crippen molar-refractivity contribution in [1.29, 1.82) is 5.26 Å². The number of benzene rings is 1. The van der Waals surface area contributed by atoms with Crippen molar-refractivity contribution in [1.82, 2.24) is 9.21 Å². The normalized spacial score (nSPS) is 17.6. The van der Waals surface area contributed by atoms with Crippen LogP contribution in [0.3, 0.4) is 0 Å². The SMILES string of the molecule is CN1CCC(CN(C)S(=O)(=O)c2ccc(Cl)cc2C#N)CC1. The molecule has 0 bridgehead atoms. The summed E-state index contributed by atoms with van der Waals surface area (Å²) in [5, 5.41) is 9.50. The number of piperidine rings is 1. The Morgan fingerprint density at radius 2 is 2.05 bits per heavy atom. The third-order valence-corrected chi connectivity index (χ3v) is 6.22. The fourth-order valence-corrected chi connectivity index (χ4v) is 4.23. The summed E-state index contributed by atoms with van der Waals surface area (Å²) in [5.74, 6) is 0.355. The first-order valence-corrected chi connectivity index (χ1v) is 9.01. The van der Waals surface area contributed by atoms with E-state index in [9.17, 15) is 8.42 Å². The average Bonchev–Trinajstić information content (AvgIpc) is 2.49. The van der Waals surface area contributed by atoms with E-state index in [0.29, 0.717) is 17.5 Å². The maximum Gasteiger partial charge on any atom is 0.244 e. The molecule has 1 heterocycles. The number of rotatable bonds is 4. The number of nitriles is 1. The molecule has 1 aliphatic heterocycles. The van der Waals surface area contributed by atoms with Gasteiger partial charge < -0.3 is 4.90 Å². The van der Waals surface area contributed by atoms with Crippen LogP contribution in [0.1, 0.15) is 18.4 Å². The molecular formula is C15H20ClN3O2S. The summed E-state index contributed by atoms with van der Waals surface area (Å²) in [6.45, 7) is 2.45. The van der Waals surface area contributed by atoms with Gasteiger partial charge in [-0.05, 0) is 57.1 Å². The number of hydrogen-bond acceptors (Lipinski definition) is 4. The lowest BCUT2D eigenvalue weighted by Crippen LogP contribution is -2.38. The number of sulfonamides is 1. The molecule has 1 saturated heterocycles. The van der Waals surface area contributed by atoms with Crippen LogP contribution in [-0.2, 0) is 10.0 Å². The predicted octanol–water partition coefficient (Wildman–Crippen LogP) is 2.17. The van der Waals surface area contributed by atoms with E-state index in [1.807, 2.05) is 6.07 Å². The molecule has 1 fully saturated rings. The number of hydrogen-bond donors (Lipinski definition) is 0. The fraction of sp³-hybridized carbons (Fsp3) is 0.533. The Morgan fingerprint density at radius 3 is 2.64 bits per heavy atom. The van der Waals surface area contributed by atoms with Crippen molar-refractivity contribution in [3.8, 4) is 6.07 Å². The van der Waals surface area contributed by atoms with Gasteiger partial charge in [0.05, 0.1) is 5.56 Å². The van der Waals surface area contributed by atoms with Crippen molar-refractivity contribution in [2.45, 2.75) is 17.7 Å². The van der Waals surface area contributed by atoms with E-state index in [4.69, 9.17) is 16.9 Å². The second-order valence-corrected chi connectivity index (χ2v) is 8.23. The highest BCUT2D eigenvalue weighted by Crippen LogP contribution is 2.25. The number of nitrogens with zero attached hydrogens (tertiary/aromatic N) is 3. The van der Waals surface area contributed by atoms with Crippen LogP contribution in [0.4, 0.5) is 0 Å². The van der Waals surface area contributed by atoms with Gasteiger partial charge >= 0.3 is 0 Å². The van der Waals surface area contributed by atoms with E-state index in [0.717, 1.165) is 25.9 Å². The summed E-state index contributed by atoms with van der Waals surface area (Å²) in [5.41, 5.74) is 0.0859. The highest BCUT2D eigenvalue weighted by molar-refractivity contribution is 7.89. The molecule has 0 spiro atoms. The van der Waals surface area contributed by atoms with Crippen LogP contribution in [0.15, 0.2) is 23.1 Å². The Balaban J connectivity index is 2.18. The molecule has 5 nitrogen and oxygen atoms in total. The van der Waals surface area contributed by atoms with Gasteiger partial charge in [0, 0.05) is 18.6 Å². The maximum absolute atomic E-state index is 12.7. The lowest BCUT2D eigenvalue weighted by molar-refractivity contribution is 0.202. The molecule has 0 unspecified atom stereocenters. The Bertz CT molecular complexity index is 677. The second kappa shape index (κ2) is 6.97. The first-order chi connectivity index (χ1) is 10.3. The zero-order valence-electron chi connectivity index (χ0n) is 12.8. The zero-order chi connectivity index (χ0) is 16.3. The van der Waals surface area contributed by atoms with Gasteiger partial charge in [0.15, 0.2) is 0 Å². The van der Waals surface area contributed by atoms with Crippen LogP contribution >= 0.6 is 11.6 Å². The Kier molecular flexibility index (Phi) is 5.45. The molecule has 0 atom stereocenters. The van der Waals surface area contributed by atoms with Crippen molar-refractivity contribution in [2.75, 3.05) is 33.7 Å². The molecule has 1 aromatic rings. The van der Waals surface area contributed by atoms with Crippen LogP contribution in [0.25, 0.3) is 0 Å². The van der Waals surface area contributed by atoms with E-state index in [1.165, 1.54) is 22.5 Å². The Hall–Kier alpha value is -1.13. The summed E-state index contributed by atoms with van der Waals surface area (Å²) < 4.78 is 26.7. The summed E-state index contributed by atoms with van der Waals surface area (Å²) in [4.78, 5) is 2.27. The fourth-order valence-electron chi connectivity index (χ4n) is 2.69. The molecule has 0 N–H and O–H groups in total. The summed E-state index contributed by atoms with van der Waals surface area (Å²) in [6, 6.07) is 6.20. The van der Waals surface area contributed by atoms with E-state index in [1.54, 1.807) is 7.05 Å². The molecule has 1 aliphatic rings. The predicted molar refractivity (Wildman–Crippen MR) is 86.2 cm³/mol. The molecule has 0 radical (unpaired) electrons. The van der Waals surface area contributed by atoms with Gasteiger partial charge in [0.1, 0.15) is 11.0 Å². The van der Waals surface area contributed by atoms with E-state index < -0.39 is 10.0 Å². The Labute approximate surface area is 137 Å². The van der Waals surface area contributed by atoms with E-state index in [2.05, 4.69) is 11.9 Å². The second-order valence-electron chi connectivity index (χ2n) is 5.78. The first kappa shape index (κ1) is 17.2. The third kappa shape index (κ3) is 3.79. The van der Waals surface area contributed by atoms with Crippen LogP contribution in [-0.4, -0.2) is 51.4 Å². The molecule has 1 aromatic carbocycles. The van der Waals surface area contributed by atoms with Crippen molar-refractivity contribution in [2.24, 2.45) is 5.92 Å². The van der Waals surface area contributed by atoms with Crippen LogP contribution in [0.2, 0.25) is 5.02 Å². The van der Waals surface area contributed by atoms with Crippen LogP contribution < -0.4 is 0 Å². The van der Waals surface area contributed by atoms with Crippen molar-refractivity contribution < 1.29 is 8.42 Å². The molecule has 2 rings (SSSR count). The highest BCUT2D eigenvalue weighted by Gasteiger charge is 2.27. The standard InChI is InChI=1S/C15H20ClN3O2S/c1-18-7-5-12(6-8-18)11-19(2)22(20,21)15-4-3-14(16)9-13(15)10-17/h3-4,9,12H,5-8,11H2,1-2H3.